The van der Waals surface area contributed by atoms with Gasteiger partial charge in [0.25, 0.3) is 0 Å². The molecule has 1 saturated heterocycles. The summed E-state index contributed by atoms with van der Waals surface area (Å²) in [4.78, 5) is 11.5. The van der Waals surface area contributed by atoms with Crippen molar-refractivity contribution in [3.05, 3.63) is 0 Å². The molecule has 76 valence electrons. The predicted molar refractivity (Wildman–Crippen MR) is 52.2 cm³/mol. The van der Waals surface area contributed by atoms with Gasteiger partial charge in [0, 0.05) is 6.54 Å². The van der Waals surface area contributed by atoms with Gasteiger partial charge < -0.3 is 5.32 Å². The van der Waals surface area contributed by atoms with E-state index in [4.69, 9.17) is 5.26 Å². The number of hydrogen-bond donors (Lipinski definition) is 1. The lowest BCUT2D eigenvalue weighted by Crippen LogP contribution is -2.28. The van der Waals surface area contributed by atoms with Gasteiger partial charge in [-0.15, -0.1) is 0 Å². The van der Waals surface area contributed by atoms with Crippen molar-refractivity contribution in [2.24, 2.45) is 17.8 Å². The topological polar surface area (TPSA) is 52.9 Å². The quantitative estimate of drug-likeness (QED) is 0.720. The van der Waals surface area contributed by atoms with E-state index in [0.29, 0.717) is 5.92 Å². The number of nitrogens with zero attached hydrogens (tertiary/aromatic N) is 1. The molecule has 2 aliphatic rings. The molecule has 2 unspecified atom stereocenters. The molecule has 3 heteroatoms. The van der Waals surface area contributed by atoms with Crippen LogP contribution in [0.1, 0.15) is 32.1 Å². The predicted octanol–water partition coefficient (Wildman–Crippen LogP) is 1.45. The van der Waals surface area contributed by atoms with E-state index in [-0.39, 0.29) is 17.7 Å². The number of nitriles is 1. The van der Waals surface area contributed by atoms with Crippen LogP contribution in [0.2, 0.25) is 0 Å². The first-order valence-electron chi connectivity index (χ1n) is 5.50. The Balaban J connectivity index is 2.05. The summed E-state index contributed by atoms with van der Waals surface area (Å²) < 4.78 is 0. The summed E-state index contributed by atoms with van der Waals surface area (Å²) in [6, 6.07) is 2.36. The van der Waals surface area contributed by atoms with E-state index in [1.807, 2.05) is 0 Å². The van der Waals surface area contributed by atoms with Crippen LogP contribution >= 0.6 is 0 Å². The second kappa shape index (κ2) is 4.00. The van der Waals surface area contributed by atoms with E-state index in [1.54, 1.807) is 0 Å². The first-order chi connectivity index (χ1) is 6.83. The Labute approximate surface area is 84.5 Å². The largest absolute Gasteiger partial charge is 0.356 e. The molecular weight excluding hydrogens is 176 g/mol. The van der Waals surface area contributed by atoms with Crippen molar-refractivity contribution in [2.45, 2.75) is 32.1 Å². The Morgan fingerprint density at radius 1 is 1.36 bits per heavy atom. The number of nitrogens with one attached hydrogen (secondary N) is 1. The molecule has 2 fully saturated rings. The fourth-order valence-electron chi connectivity index (χ4n) is 2.80. The average Bonchev–Trinajstić information content (AvgIpc) is 2.80. The van der Waals surface area contributed by atoms with Crippen LogP contribution in [0.3, 0.4) is 0 Å². The highest BCUT2D eigenvalue weighted by atomic mass is 16.2. The molecule has 1 heterocycles. The summed E-state index contributed by atoms with van der Waals surface area (Å²) in [7, 11) is 0. The van der Waals surface area contributed by atoms with Gasteiger partial charge in [-0.3, -0.25) is 4.79 Å². The standard InChI is InChI=1S/C11H16N2O/c12-7-10(8-3-1-2-4-8)9-5-6-13-11(9)14/h8-10H,1-6H2,(H,13,14). The molecule has 0 bridgehead atoms. The highest BCUT2D eigenvalue weighted by Gasteiger charge is 2.37. The van der Waals surface area contributed by atoms with Gasteiger partial charge in [-0.05, 0) is 25.2 Å². The first-order valence-corrected chi connectivity index (χ1v) is 5.50. The highest BCUT2D eigenvalue weighted by Crippen LogP contribution is 2.37. The maximum atomic E-state index is 11.5. The molecule has 1 aliphatic carbocycles. The minimum Gasteiger partial charge on any atom is -0.356 e. The molecule has 1 saturated carbocycles. The molecule has 0 spiro atoms. The van der Waals surface area contributed by atoms with Gasteiger partial charge in [0.1, 0.15) is 0 Å². The second-order valence-corrected chi connectivity index (χ2v) is 4.39. The first kappa shape index (κ1) is 9.51. The lowest BCUT2D eigenvalue weighted by atomic mass is 9.81. The molecule has 14 heavy (non-hydrogen) atoms. The third kappa shape index (κ3) is 1.61. The summed E-state index contributed by atoms with van der Waals surface area (Å²) >= 11 is 0. The summed E-state index contributed by atoms with van der Waals surface area (Å²) in [6.45, 7) is 0.758. The zero-order valence-electron chi connectivity index (χ0n) is 8.33. The van der Waals surface area contributed by atoms with Crippen LogP contribution in [0.5, 0.6) is 0 Å². The van der Waals surface area contributed by atoms with E-state index in [9.17, 15) is 4.79 Å². The molecule has 2 rings (SSSR count). The Hall–Kier alpha value is -1.04. The van der Waals surface area contributed by atoms with Crippen molar-refractivity contribution in [3.8, 4) is 6.07 Å². The van der Waals surface area contributed by atoms with Crippen LogP contribution in [0.4, 0.5) is 0 Å². The van der Waals surface area contributed by atoms with E-state index in [0.717, 1.165) is 25.8 Å². The van der Waals surface area contributed by atoms with Crippen LogP contribution in [0.25, 0.3) is 0 Å². The van der Waals surface area contributed by atoms with Gasteiger partial charge in [-0.1, -0.05) is 12.8 Å². The van der Waals surface area contributed by atoms with Gasteiger partial charge in [0.05, 0.1) is 17.9 Å². The summed E-state index contributed by atoms with van der Waals surface area (Å²) in [6.07, 6.45) is 5.60. The Morgan fingerprint density at radius 3 is 2.57 bits per heavy atom. The number of carbonyl (C=O) groups excluding carboxylic acids is 1. The molecule has 1 aliphatic heterocycles. The molecule has 1 N–H and O–H groups in total. The maximum Gasteiger partial charge on any atom is 0.224 e. The SMILES string of the molecule is N#CC(C1CCCC1)C1CCNC1=O. The Kier molecular flexibility index (Phi) is 2.72. The lowest BCUT2D eigenvalue weighted by Gasteiger charge is -2.20. The zero-order valence-corrected chi connectivity index (χ0v) is 8.33. The summed E-state index contributed by atoms with van der Waals surface area (Å²) in [5.74, 6) is 0.528. The zero-order chi connectivity index (χ0) is 9.97. The normalized spacial score (nSPS) is 29.9. The van der Waals surface area contributed by atoms with Gasteiger partial charge >= 0.3 is 0 Å². The van der Waals surface area contributed by atoms with Gasteiger partial charge in [-0.25, -0.2) is 0 Å². The number of rotatable bonds is 2. The smallest absolute Gasteiger partial charge is 0.224 e. The molecule has 0 radical (unpaired) electrons. The van der Waals surface area contributed by atoms with E-state index < -0.39 is 0 Å². The molecule has 0 aromatic carbocycles. The van der Waals surface area contributed by atoms with Gasteiger partial charge in [0.15, 0.2) is 0 Å². The van der Waals surface area contributed by atoms with Crippen molar-refractivity contribution in [1.82, 2.24) is 5.32 Å². The molecule has 3 nitrogen and oxygen atoms in total. The maximum absolute atomic E-state index is 11.5. The number of carbonyl (C=O) groups is 1. The molecule has 2 atom stereocenters. The minimum absolute atomic E-state index is 0.0249. The summed E-state index contributed by atoms with van der Waals surface area (Å²) in [5.41, 5.74) is 0. The summed E-state index contributed by atoms with van der Waals surface area (Å²) in [5, 5.41) is 12.0. The third-order valence-electron chi connectivity index (χ3n) is 3.58. The van der Waals surface area contributed by atoms with Crippen molar-refractivity contribution in [1.29, 1.82) is 5.26 Å². The number of hydrogen-bond acceptors (Lipinski definition) is 2. The van der Waals surface area contributed by atoms with Crippen LogP contribution in [-0.4, -0.2) is 12.5 Å². The molecule has 0 aromatic rings. The van der Waals surface area contributed by atoms with Crippen LogP contribution < -0.4 is 5.32 Å². The van der Waals surface area contributed by atoms with E-state index in [1.165, 1.54) is 12.8 Å². The fourth-order valence-corrected chi connectivity index (χ4v) is 2.80. The van der Waals surface area contributed by atoms with Crippen molar-refractivity contribution in [3.63, 3.8) is 0 Å². The van der Waals surface area contributed by atoms with Crippen molar-refractivity contribution < 1.29 is 4.79 Å². The van der Waals surface area contributed by atoms with Gasteiger partial charge in [0.2, 0.25) is 5.91 Å². The second-order valence-electron chi connectivity index (χ2n) is 4.39. The molecule has 1 amide bonds. The number of amides is 1. The highest BCUT2D eigenvalue weighted by molar-refractivity contribution is 5.81. The van der Waals surface area contributed by atoms with E-state index >= 15 is 0 Å². The van der Waals surface area contributed by atoms with E-state index in [2.05, 4.69) is 11.4 Å². The Bertz CT molecular complexity index is 263. The monoisotopic (exact) mass is 192 g/mol. The van der Waals surface area contributed by atoms with Crippen LogP contribution in [0.15, 0.2) is 0 Å². The van der Waals surface area contributed by atoms with Crippen LogP contribution in [-0.2, 0) is 4.79 Å². The third-order valence-corrected chi connectivity index (χ3v) is 3.58. The molecule has 0 aromatic heterocycles. The Morgan fingerprint density at radius 2 is 2.07 bits per heavy atom. The van der Waals surface area contributed by atoms with Gasteiger partial charge in [-0.2, -0.15) is 5.26 Å². The average molecular weight is 192 g/mol. The van der Waals surface area contributed by atoms with Crippen molar-refractivity contribution >= 4 is 5.91 Å². The minimum atomic E-state index is -0.0278. The van der Waals surface area contributed by atoms with Crippen molar-refractivity contribution in [2.75, 3.05) is 6.54 Å². The molecular formula is C11H16N2O. The fraction of sp³-hybridized carbons (Fsp3) is 0.818. The lowest BCUT2D eigenvalue weighted by molar-refractivity contribution is -0.123. The van der Waals surface area contributed by atoms with Crippen LogP contribution in [0, 0.1) is 29.1 Å².